The fraction of sp³-hybridized carbons (Fsp3) is 0.111. The van der Waals surface area contributed by atoms with E-state index in [4.69, 9.17) is 15.3 Å². The van der Waals surface area contributed by atoms with Gasteiger partial charge in [-0.2, -0.15) is 0 Å². The van der Waals surface area contributed by atoms with Gasteiger partial charge in [0.1, 0.15) is 12.0 Å². The summed E-state index contributed by atoms with van der Waals surface area (Å²) in [7, 11) is 0. The fourth-order valence-corrected chi connectivity index (χ4v) is 1.04. The van der Waals surface area contributed by atoms with Crippen molar-refractivity contribution in [2.24, 2.45) is 0 Å². The predicted molar refractivity (Wildman–Crippen MR) is 46.1 cm³/mol. The lowest BCUT2D eigenvalue weighted by atomic mass is 10.0. The topological polar surface area (TPSA) is 94.8 Å². The van der Waals surface area contributed by atoms with Crippen LogP contribution < -0.4 is 0 Å². The Kier molecular flexibility index (Phi) is 2.83. The van der Waals surface area contributed by atoms with Gasteiger partial charge in [-0.15, -0.1) is 0 Å². The SMILES string of the molecule is O=Cc1ccc(O)cc1C(O)C(=O)O. The van der Waals surface area contributed by atoms with Crippen LogP contribution in [-0.2, 0) is 4.79 Å². The highest BCUT2D eigenvalue weighted by molar-refractivity contribution is 5.83. The number of carboxylic acids is 1. The zero-order chi connectivity index (χ0) is 10.7. The maximum Gasteiger partial charge on any atom is 0.337 e. The fourth-order valence-electron chi connectivity index (χ4n) is 1.04. The van der Waals surface area contributed by atoms with Crippen LogP contribution in [0.5, 0.6) is 5.75 Å². The Bertz CT molecular complexity index is 371. The first-order valence-corrected chi connectivity index (χ1v) is 3.75. The Morgan fingerprint density at radius 3 is 2.57 bits per heavy atom. The van der Waals surface area contributed by atoms with Gasteiger partial charge in [-0.3, -0.25) is 4.79 Å². The summed E-state index contributed by atoms with van der Waals surface area (Å²) in [5.41, 5.74) is -0.0785. The molecule has 0 radical (unpaired) electrons. The molecular formula is C9H8O5. The monoisotopic (exact) mass is 196 g/mol. The molecule has 0 spiro atoms. The van der Waals surface area contributed by atoms with E-state index < -0.39 is 12.1 Å². The highest BCUT2D eigenvalue weighted by Gasteiger charge is 2.19. The Labute approximate surface area is 79.2 Å². The van der Waals surface area contributed by atoms with Crippen LogP contribution in [0.25, 0.3) is 0 Å². The molecule has 1 rings (SSSR count). The lowest BCUT2D eigenvalue weighted by Crippen LogP contribution is -2.12. The third-order valence-corrected chi connectivity index (χ3v) is 1.73. The highest BCUT2D eigenvalue weighted by atomic mass is 16.4. The van der Waals surface area contributed by atoms with Gasteiger partial charge in [0.15, 0.2) is 6.10 Å². The van der Waals surface area contributed by atoms with Crippen LogP contribution in [0.1, 0.15) is 22.0 Å². The van der Waals surface area contributed by atoms with E-state index >= 15 is 0 Å². The van der Waals surface area contributed by atoms with E-state index in [1.54, 1.807) is 0 Å². The van der Waals surface area contributed by atoms with Crippen LogP contribution >= 0.6 is 0 Å². The number of benzene rings is 1. The zero-order valence-corrected chi connectivity index (χ0v) is 7.04. The van der Waals surface area contributed by atoms with Crippen molar-refractivity contribution in [2.75, 3.05) is 0 Å². The van der Waals surface area contributed by atoms with Crippen molar-refractivity contribution < 1.29 is 24.9 Å². The molecule has 14 heavy (non-hydrogen) atoms. The minimum atomic E-state index is -1.80. The van der Waals surface area contributed by atoms with Crippen LogP contribution in [0.3, 0.4) is 0 Å². The molecule has 1 unspecified atom stereocenters. The van der Waals surface area contributed by atoms with Crippen molar-refractivity contribution in [1.82, 2.24) is 0 Å². The number of hydrogen-bond donors (Lipinski definition) is 3. The quantitative estimate of drug-likeness (QED) is 0.605. The third-order valence-electron chi connectivity index (χ3n) is 1.73. The number of phenolic OH excluding ortho intramolecular Hbond substituents is 1. The first-order chi connectivity index (χ1) is 6.56. The summed E-state index contributed by atoms with van der Waals surface area (Å²) in [6, 6.07) is 3.52. The van der Waals surface area contributed by atoms with Gasteiger partial charge in [0.05, 0.1) is 0 Å². The molecule has 0 aliphatic heterocycles. The molecule has 3 N–H and O–H groups in total. The Morgan fingerprint density at radius 1 is 1.43 bits per heavy atom. The number of carboxylic acid groups (broad SMARTS) is 1. The standard InChI is InChI=1S/C9H8O5/c10-4-5-1-2-6(11)3-7(5)8(12)9(13)14/h1-4,8,11-12H,(H,13,14). The van der Waals surface area contributed by atoms with Gasteiger partial charge in [0, 0.05) is 11.1 Å². The molecule has 0 aliphatic carbocycles. The molecule has 0 amide bonds. The van der Waals surface area contributed by atoms with Crippen LogP contribution in [0.15, 0.2) is 18.2 Å². The van der Waals surface area contributed by atoms with Crippen LogP contribution in [0.2, 0.25) is 0 Å². The van der Waals surface area contributed by atoms with Gasteiger partial charge in [-0.25, -0.2) is 4.79 Å². The van der Waals surface area contributed by atoms with E-state index in [1.807, 2.05) is 0 Å². The molecular weight excluding hydrogens is 188 g/mol. The number of aromatic hydroxyl groups is 1. The number of carbonyl (C=O) groups is 2. The highest BCUT2D eigenvalue weighted by Crippen LogP contribution is 2.22. The second kappa shape index (κ2) is 3.89. The maximum absolute atomic E-state index is 10.5. The van der Waals surface area contributed by atoms with Crippen molar-refractivity contribution in [3.8, 4) is 5.75 Å². The third kappa shape index (κ3) is 1.89. The van der Waals surface area contributed by atoms with E-state index in [9.17, 15) is 9.59 Å². The van der Waals surface area contributed by atoms with Crippen molar-refractivity contribution in [3.05, 3.63) is 29.3 Å². The molecule has 0 bridgehead atoms. The number of rotatable bonds is 3. The Morgan fingerprint density at radius 2 is 2.07 bits per heavy atom. The summed E-state index contributed by atoms with van der Waals surface area (Å²) in [6.45, 7) is 0. The van der Waals surface area contributed by atoms with Gasteiger partial charge in [0.25, 0.3) is 0 Å². The summed E-state index contributed by atoms with van der Waals surface area (Å²) in [6.07, 6.45) is -1.39. The number of aldehydes is 1. The van der Waals surface area contributed by atoms with E-state index in [0.29, 0.717) is 6.29 Å². The van der Waals surface area contributed by atoms with E-state index in [1.165, 1.54) is 12.1 Å². The summed E-state index contributed by atoms with van der Waals surface area (Å²) in [5, 5.41) is 26.7. The second-order valence-corrected chi connectivity index (χ2v) is 2.67. The molecule has 1 aromatic carbocycles. The average Bonchev–Trinajstić information content (AvgIpc) is 2.16. The second-order valence-electron chi connectivity index (χ2n) is 2.67. The molecule has 1 atom stereocenters. The molecule has 1 aromatic rings. The summed E-state index contributed by atoms with van der Waals surface area (Å²) < 4.78 is 0. The average molecular weight is 196 g/mol. The number of aliphatic carboxylic acids is 1. The van der Waals surface area contributed by atoms with Crippen LogP contribution in [0, 0.1) is 0 Å². The van der Waals surface area contributed by atoms with Gasteiger partial charge in [0.2, 0.25) is 0 Å². The molecule has 0 heterocycles. The number of hydrogen-bond acceptors (Lipinski definition) is 4. The number of aliphatic hydroxyl groups is 1. The van der Waals surface area contributed by atoms with Crippen molar-refractivity contribution in [3.63, 3.8) is 0 Å². The molecule has 0 saturated heterocycles. The van der Waals surface area contributed by atoms with E-state index in [0.717, 1.165) is 6.07 Å². The minimum Gasteiger partial charge on any atom is -0.508 e. The first-order valence-electron chi connectivity index (χ1n) is 3.75. The Hall–Kier alpha value is -1.88. The molecule has 5 nitrogen and oxygen atoms in total. The van der Waals surface area contributed by atoms with Crippen molar-refractivity contribution in [2.45, 2.75) is 6.10 Å². The number of carbonyl (C=O) groups excluding carboxylic acids is 1. The van der Waals surface area contributed by atoms with Gasteiger partial charge in [-0.05, 0) is 18.2 Å². The largest absolute Gasteiger partial charge is 0.508 e. The first kappa shape index (κ1) is 10.2. The van der Waals surface area contributed by atoms with Gasteiger partial charge < -0.3 is 15.3 Å². The van der Waals surface area contributed by atoms with Gasteiger partial charge >= 0.3 is 5.97 Å². The molecule has 74 valence electrons. The summed E-state index contributed by atoms with van der Waals surface area (Å²) in [5.74, 6) is -1.68. The van der Waals surface area contributed by atoms with E-state index in [-0.39, 0.29) is 16.9 Å². The van der Waals surface area contributed by atoms with Crippen LogP contribution in [0.4, 0.5) is 0 Å². The summed E-state index contributed by atoms with van der Waals surface area (Å²) in [4.78, 5) is 20.9. The lowest BCUT2D eigenvalue weighted by molar-refractivity contribution is -0.146. The molecule has 0 aromatic heterocycles. The van der Waals surface area contributed by atoms with Crippen molar-refractivity contribution in [1.29, 1.82) is 0 Å². The molecule has 0 saturated carbocycles. The van der Waals surface area contributed by atoms with E-state index in [2.05, 4.69) is 0 Å². The number of phenols is 1. The molecule has 0 aliphatic rings. The predicted octanol–water partition coefficient (Wildman–Crippen LogP) is 0.323. The summed E-state index contributed by atoms with van der Waals surface area (Å²) >= 11 is 0. The van der Waals surface area contributed by atoms with Crippen LogP contribution in [-0.4, -0.2) is 27.6 Å². The smallest absolute Gasteiger partial charge is 0.337 e. The Balaban J connectivity index is 3.23. The molecule has 0 fully saturated rings. The lowest BCUT2D eigenvalue weighted by Gasteiger charge is -2.08. The maximum atomic E-state index is 10.5. The van der Waals surface area contributed by atoms with Gasteiger partial charge in [-0.1, -0.05) is 0 Å². The normalized spacial score (nSPS) is 12.1. The zero-order valence-electron chi connectivity index (χ0n) is 7.04. The minimum absolute atomic E-state index is 0.0395. The number of aliphatic hydroxyl groups excluding tert-OH is 1. The molecule has 5 heteroatoms. The van der Waals surface area contributed by atoms with Crippen molar-refractivity contribution >= 4 is 12.3 Å².